The molecule has 3 heterocycles. The molecule has 2 aromatic rings. The number of nitrogens with one attached hydrogen (secondary N) is 1. The average molecular weight is 380 g/mol. The number of amides is 1. The monoisotopic (exact) mass is 380 g/mol. The maximum absolute atomic E-state index is 13.0. The van der Waals surface area contributed by atoms with E-state index in [9.17, 15) is 9.59 Å². The van der Waals surface area contributed by atoms with E-state index < -0.39 is 0 Å². The van der Waals surface area contributed by atoms with Gasteiger partial charge in [-0.2, -0.15) is 0 Å². The van der Waals surface area contributed by atoms with E-state index in [2.05, 4.69) is 9.88 Å². The number of likely N-dealkylation sites (N-methyl/N-ethyl adjacent to an activating group) is 1. The Hall–Kier alpha value is -2.47. The third-order valence-corrected chi connectivity index (χ3v) is 6.07. The number of fused-ring (bicyclic) bond motifs is 1. The minimum absolute atomic E-state index is 0.0207. The molecule has 0 unspecified atom stereocenters. The number of H-pyrrole nitrogens is 1. The zero-order chi connectivity index (χ0) is 19.7. The lowest BCUT2D eigenvalue weighted by Crippen LogP contribution is -2.42. The van der Waals surface area contributed by atoms with Crippen molar-refractivity contribution in [3.05, 3.63) is 63.3 Å². The summed E-state index contributed by atoms with van der Waals surface area (Å²) >= 11 is 0. The van der Waals surface area contributed by atoms with Crippen LogP contribution in [0.4, 0.5) is 0 Å². The Balaban J connectivity index is 1.52. The maximum Gasteiger partial charge on any atom is 0.255 e. The molecule has 1 aromatic heterocycles. The van der Waals surface area contributed by atoms with Crippen molar-refractivity contribution in [2.75, 3.05) is 26.7 Å². The van der Waals surface area contributed by atoms with Gasteiger partial charge in [0.05, 0.1) is 17.2 Å². The number of aromatic nitrogens is 2. The van der Waals surface area contributed by atoms with Crippen molar-refractivity contribution < 1.29 is 4.79 Å². The summed E-state index contributed by atoms with van der Waals surface area (Å²) in [6.45, 7) is 4.94. The molecule has 0 aliphatic carbocycles. The van der Waals surface area contributed by atoms with Gasteiger partial charge in [0.2, 0.25) is 5.91 Å². The van der Waals surface area contributed by atoms with E-state index in [0.29, 0.717) is 13.1 Å². The highest BCUT2D eigenvalue weighted by Crippen LogP contribution is 2.28. The fourth-order valence-corrected chi connectivity index (χ4v) is 4.33. The van der Waals surface area contributed by atoms with Crippen LogP contribution < -0.4 is 5.56 Å². The van der Waals surface area contributed by atoms with Gasteiger partial charge in [0.25, 0.3) is 5.56 Å². The first-order chi connectivity index (χ1) is 13.5. The van der Waals surface area contributed by atoms with Crippen LogP contribution in [0.1, 0.15) is 54.2 Å². The second-order valence-electron chi connectivity index (χ2n) is 8.12. The second kappa shape index (κ2) is 7.87. The molecule has 1 aromatic carbocycles. The number of carbonyl (C=O) groups is 1. The number of carbonyl (C=O) groups excluding carboxylic acids is 1. The highest BCUT2D eigenvalue weighted by molar-refractivity contribution is 5.83. The van der Waals surface area contributed by atoms with Gasteiger partial charge in [-0.05, 0) is 32.4 Å². The normalized spacial score (nSPS) is 21.2. The Morgan fingerprint density at radius 3 is 2.82 bits per heavy atom. The smallest absolute Gasteiger partial charge is 0.255 e. The highest BCUT2D eigenvalue weighted by atomic mass is 16.2. The number of hydrogen-bond acceptors (Lipinski definition) is 4. The van der Waals surface area contributed by atoms with E-state index in [-0.39, 0.29) is 23.3 Å². The molecule has 1 fully saturated rings. The van der Waals surface area contributed by atoms with E-state index in [4.69, 9.17) is 4.98 Å². The Bertz CT molecular complexity index is 908. The summed E-state index contributed by atoms with van der Waals surface area (Å²) in [5, 5.41) is 0. The molecule has 0 spiro atoms. The first-order valence-corrected chi connectivity index (χ1v) is 10.2. The minimum atomic E-state index is -0.161. The van der Waals surface area contributed by atoms with E-state index in [1.807, 2.05) is 49.2 Å². The fraction of sp³-hybridized carbons (Fsp3) is 0.500. The molecular weight excluding hydrogens is 352 g/mol. The predicted molar refractivity (Wildman–Crippen MR) is 108 cm³/mol. The summed E-state index contributed by atoms with van der Waals surface area (Å²) in [6.07, 6.45) is 2.69. The van der Waals surface area contributed by atoms with E-state index >= 15 is 0 Å². The molecule has 0 radical (unpaired) electrons. The van der Waals surface area contributed by atoms with Crippen LogP contribution in [0.5, 0.6) is 0 Å². The van der Waals surface area contributed by atoms with Crippen LogP contribution >= 0.6 is 0 Å². The van der Waals surface area contributed by atoms with Crippen LogP contribution in [0.3, 0.4) is 0 Å². The van der Waals surface area contributed by atoms with Crippen molar-refractivity contribution in [3.8, 4) is 0 Å². The molecule has 0 bridgehead atoms. The van der Waals surface area contributed by atoms with Crippen molar-refractivity contribution >= 4 is 5.91 Å². The van der Waals surface area contributed by atoms with Crippen molar-refractivity contribution in [1.82, 2.24) is 19.8 Å². The largest absolute Gasteiger partial charge is 0.341 e. The second-order valence-corrected chi connectivity index (χ2v) is 8.12. The number of aromatic amines is 1. The number of piperidine rings is 1. The lowest BCUT2D eigenvalue weighted by molar-refractivity contribution is -0.133. The molecule has 1 N–H and O–H groups in total. The first kappa shape index (κ1) is 18.9. The van der Waals surface area contributed by atoms with Crippen molar-refractivity contribution in [1.29, 1.82) is 0 Å². The van der Waals surface area contributed by atoms with Crippen molar-refractivity contribution in [3.63, 3.8) is 0 Å². The summed E-state index contributed by atoms with van der Waals surface area (Å²) in [5.74, 6) is 0.834. The number of likely N-dealkylation sites (tertiary alicyclic amines) is 1. The van der Waals surface area contributed by atoms with Gasteiger partial charge in [0.15, 0.2) is 0 Å². The lowest BCUT2D eigenvalue weighted by atomic mass is 9.93. The van der Waals surface area contributed by atoms with Gasteiger partial charge in [0.1, 0.15) is 5.82 Å². The standard InChI is InChI=1S/C22H28N4O2/c1-15(16-7-4-3-5-8-16)22(28)26-11-6-9-17(13-26)20-23-19-10-12-25(2)14-18(19)21(27)24-20/h3-5,7-8,15,17H,6,9-14H2,1-2H3,(H,23,24,27)/t15-,17+/m1/s1. The summed E-state index contributed by atoms with van der Waals surface area (Å²) < 4.78 is 0. The molecule has 0 saturated carbocycles. The Morgan fingerprint density at radius 1 is 1.25 bits per heavy atom. The van der Waals surface area contributed by atoms with Crippen LogP contribution in [0.25, 0.3) is 0 Å². The zero-order valence-corrected chi connectivity index (χ0v) is 16.6. The number of benzene rings is 1. The van der Waals surface area contributed by atoms with Gasteiger partial charge in [0, 0.05) is 38.5 Å². The third-order valence-electron chi connectivity index (χ3n) is 6.07. The zero-order valence-electron chi connectivity index (χ0n) is 16.6. The molecule has 28 heavy (non-hydrogen) atoms. The summed E-state index contributed by atoms with van der Waals surface area (Å²) in [5.41, 5.74) is 2.74. The minimum Gasteiger partial charge on any atom is -0.341 e. The summed E-state index contributed by atoms with van der Waals surface area (Å²) in [4.78, 5) is 37.5. The quantitative estimate of drug-likeness (QED) is 0.887. The van der Waals surface area contributed by atoms with Gasteiger partial charge >= 0.3 is 0 Å². The average Bonchev–Trinajstić information content (AvgIpc) is 2.74. The predicted octanol–water partition coefficient (Wildman–Crippen LogP) is 2.27. The summed E-state index contributed by atoms with van der Waals surface area (Å²) in [7, 11) is 2.02. The number of nitrogens with zero attached hydrogens (tertiary/aromatic N) is 3. The van der Waals surface area contributed by atoms with Crippen LogP contribution in [-0.2, 0) is 17.8 Å². The van der Waals surface area contributed by atoms with Crippen LogP contribution in [0.15, 0.2) is 35.1 Å². The molecular formula is C22H28N4O2. The number of rotatable bonds is 3. The topological polar surface area (TPSA) is 69.3 Å². The fourth-order valence-electron chi connectivity index (χ4n) is 4.33. The van der Waals surface area contributed by atoms with E-state index in [1.165, 1.54) is 0 Å². The van der Waals surface area contributed by atoms with Gasteiger partial charge in [-0.15, -0.1) is 0 Å². The van der Waals surface area contributed by atoms with E-state index in [0.717, 1.165) is 55.0 Å². The molecule has 6 nitrogen and oxygen atoms in total. The third kappa shape index (κ3) is 3.74. The SMILES string of the molecule is C[C@@H](C(=O)N1CCC[C@H](c2nc3c(c(=O)[nH]2)CN(C)CC3)C1)c1ccccc1. The van der Waals surface area contributed by atoms with Crippen molar-refractivity contribution in [2.24, 2.45) is 0 Å². The molecule has 4 rings (SSSR count). The van der Waals surface area contributed by atoms with Gasteiger partial charge in [-0.3, -0.25) is 9.59 Å². The van der Waals surface area contributed by atoms with Gasteiger partial charge in [-0.1, -0.05) is 30.3 Å². The highest BCUT2D eigenvalue weighted by Gasteiger charge is 2.30. The number of hydrogen-bond donors (Lipinski definition) is 1. The Morgan fingerprint density at radius 2 is 2.04 bits per heavy atom. The van der Waals surface area contributed by atoms with Crippen molar-refractivity contribution in [2.45, 2.75) is 44.6 Å². The lowest BCUT2D eigenvalue weighted by Gasteiger charge is -2.34. The molecule has 6 heteroatoms. The Kier molecular flexibility index (Phi) is 5.31. The van der Waals surface area contributed by atoms with E-state index in [1.54, 1.807) is 0 Å². The van der Waals surface area contributed by atoms with Crippen LogP contribution in [0, 0.1) is 0 Å². The molecule has 2 atom stereocenters. The molecule has 1 amide bonds. The van der Waals surface area contributed by atoms with Gasteiger partial charge < -0.3 is 14.8 Å². The molecule has 2 aliphatic rings. The van der Waals surface area contributed by atoms with Crippen LogP contribution in [0.2, 0.25) is 0 Å². The van der Waals surface area contributed by atoms with Gasteiger partial charge in [-0.25, -0.2) is 4.98 Å². The molecule has 148 valence electrons. The Labute approximate surface area is 165 Å². The van der Waals surface area contributed by atoms with Crippen LogP contribution in [-0.4, -0.2) is 52.4 Å². The molecule has 2 aliphatic heterocycles. The summed E-state index contributed by atoms with van der Waals surface area (Å²) in [6, 6.07) is 9.91. The molecule has 1 saturated heterocycles. The maximum atomic E-state index is 13.0. The first-order valence-electron chi connectivity index (χ1n) is 10.2.